The highest BCUT2D eigenvalue weighted by atomic mass is 32.1. The molecule has 1 saturated heterocycles. The highest BCUT2D eigenvalue weighted by molar-refractivity contribution is 7.71. The lowest BCUT2D eigenvalue weighted by molar-refractivity contribution is -0.116. The molecule has 0 spiro atoms. The summed E-state index contributed by atoms with van der Waals surface area (Å²) in [5, 5.41) is 12.5. The summed E-state index contributed by atoms with van der Waals surface area (Å²) in [5.74, 6) is 1.43. The standard InChI is InChI=1S/C17H26N6OS2/c1-3-5-14-20-21-17(25)23(14)10-15(24)19-16-18-13(11-26-16)9-22-7-4-6-12(2)8-22/h11-12H,3-10H2,1-2H3,(H,21,25)(H,18,19,24). The first-order valence-electron chi connectivity index (χ1n) is 9.15. The minimum Gasteiger partial charge on any atom is -0.300 e. The Labute approximate surface area is 162 Å². The zero-order chi connectivity index (χ0) is 18.5. The molecule has 3 rings (SSSR count). The Hall–Kier alpha value is -1.58. The van der Waals surface area contributed by atoms with Gasteiger partial charge in [0.25, 0.3) is 0 Å². The van der Waals surface area contributed by atoms with Gasteiger partial charge in [-0.2, -0.15) is 5.10 Å². The molecule has 2 N–H and O–H groups in total. The number of piperidine rings is 1. The van der Waals surface area contributed by atoms with Gasteiger partial charge in [0.1, 0.15) is 12.4 Å². The van der Waals surface area contributed by atoms with Crippen LogP contribution in [0.3, 0.4) is 0 Å². The number of amides is 1. The van der Waals surface area contributed by atoms with Crippen molar-refractivity contribution < 1.29 is 4.79 Å². The van der Waals surface area contributed by atoms with E-state index in [0.717, 1.165) is 49.9 Å². The summed E-state index contributed by atoms with van der Waals surface area (Å²) in [6.45, 7) is 7.63. The molecule has 1 unspecified atom stereocenters. The summed E-state index contributed by atoms with van der Waals surface area (Å²) in [6.07, 6.45) is 4.30. The molecule has 1 fully saturated rings. The molecule has 26 heavy (non-hydrogen) atoms. The van der Waals surface area contributed by atoms with Gasteiger partial charge >= 0.3 is 0 Å². The fourth-order valence-electron chi connectivity index (χ4n) is 3.33. The molecule has 7 nitrogen and oxygen atoms in total. The Morgan fingerprint density at radius 3 is 3.15 bits per heavy atom. The van der Waals surface area contributed by atoms with E-state index in [4.69, 9.17) is 12.2 Å². The predicted molar refractivity (Wildman–Crippen MR) is 106 cm³/mol. The highest BCUT2D eigenvalue weighted by Gasteiger charge is 2.18. The number of nitrogens with one attached hydrogen (secondary N) is 2. The number of aryl methyl sites for hydroxylation is 1. The predicted octanol–water partition coefficient (Wildman–Crippen LogP) is 3.22. The van der Waals surface area contributed by atoms with E-state index in [1.807, 2.05) is 5.38 Å². The van der Waals surface area contributed by atoms with Gasteiger partial charge in [0.05, 0.1) is 5.69 Å². The monoisotopic (exact) mass is 394 g/mol. The van der Waals surface area contributed by atoms with Crippen molar-refractivity contribution >= 4 is 34.6 Å². The Balaban J connectivity index is 1.56. The largest absolute Gasteiger partial charge is 0.300 e. The number of carbonyl (C=O) groups is 1. The van der Waals surface area contributed by atoms with Crippen LogP contribution in [-0.2, 0) is 24.3 Å². The maximum Gasteiger partial charge on any atom is 0.246 e. The summed E-state index contributed by atoms with van der Waals surface area (Å²) in [7, 11) is 0. The van der Waals surface area contributed by atoms with Crippen molar-refractivity contribution in [1.82, 2.24) is 24.6 Å². The van der Waals surface area contributed by atoms with Crippen molar-refractivity contribution in [1.29, 1.82) is 0 Å². The fourth-order valence-corrected chi connectivity index (χ4v) is 4.26. The summed E-state index contributed by atoms with van der Waals surface area (Å²) in [4.78, 5) is 19.4. The summed E-state index contributed by atoms with van der Waals surface area (Å²) < 4.78 is 2.22. The molecule has 0 bridgehead atoms. The number of thiazole rings is 1. The third kappa shape index (κ3) is 4.99. The van der Waals surface area contributed by atoms with Crippen molar-refractivity contribution in [2.45, 2.75) is 52.6 Å². The number of carbonyl (C=O) groups excluding carboxylic acids is 1. The molecule has 0 aromatic carbocycles. The molecule has 3 heterocycles. The van der Waals surface area contributed by atoms with Gasteiger partial charge in [0, 0.05) is 24.9 Å². The number of anilines is 1. The lowest BCUT2D eigenvalue weighted by atomic mass is 10.0. The number of likely N-dealkylation sites (tertiary alicyclic amines) is 1. The molecule has 1 aliphatic heterocycles. The number of H-pyrrole nitrogens is 1. The van der Waals surface area contributed by atoms with Crippen molar-refractivity contribution in [3.05, 3.63) is 21.7 Å². The first-order valence-corrected chi connectivity index (χ1v) is 10.4. The SMILES string of the molecule is CCCc1n[nH]c(=S)n1CC(=O)Nc1nc(CN2CCCC(C)C2)cs1. The van der Waals surface area contributed by atoms with E-state index in [2.05, 4.69) is 39.2 Å². The van der Waals surface area contributed by atoms with E-state index in [1.165, 1.54) is 24.2 Å². The van der Waals surface area contributed by atoms with Crippen molar-refractivity contribution in [3.63, 3.8) is 0 Å². The van der Waals surface area contributed by atoms with Crippen LogP contribution in [0.4, 0.5) is 5.13 Å². The molecule has 1 atom stereocenters. The van der Waals surface area contributed by atoms with Crippen molar-refractivity contribution in [2.75, 3.05) is 18.4 Å². The van der Waals surface area contributed by atoms with Gasteiger partial charge < -0.3 is 5.32 Å². The van der Waals surface area contributed by atoms with E-state index < -0.39 is 0 Å². The number of hydrogen-bond acceptors (Lipinski definition) is 6. The lowest BCUT2D eigenvalue weighted by Crippen LogP contribution is -2.33. The number of rotatable bonds is 7. The normalized spacial score (nSPS) is 18.2. The highest BCUT2D eigenvalue weighted by Crippen LogP contribution is 2.21. The van der Waals surface area contributed by atoms with Gasteiger partial charge in [-0.1, -0.05) is 13.8 Å². The first kappa shape index (κ1) is 19.2. The second kappa shape index (κ2) is 8.88. The molecule has 2 aromatic rings. The average Bonchev–Trinajstić information content (AvgIpc) is 3.16. The van der Waals surface area contributed by atoms with E-state index in [0.29, 0.717) is 9.90 Å². The molecule has 9 heteroatoms. The molecule has 0 saturated carbocycles. The van der Waals surface area contributed by atoms with E-state index >= 15 is 0 Å². The number of aromatic nitrogens is 4. The molecular formula is C17H26N6OS2. The van der Waals surface area contributed by atoms with Crippen LogP contribution in [0.25, 0.3) is 0 Å². The molecular weight excluding hydrogens is 368 g/mol. The van der Waals surface area contributed by atoms with Gasteiger partial charge in [-0.05, 0) is 43.9 Å². The van der Waals surface area contributed by atoms with Gasteiger partial charge in [-0.25, -0.2) is 4.98 Å². The molecule has 142 valence electrons. The Morgan fingerprint density at radius 2 is 2.38 bits per heavy atom. The third-order valence-electron chi connectivity index (χ3n) is 4.54. The second-order valence-electron chi connectivity index (χ2n) is 6.96. The number of nitrogens with zero attached hydrogens (tertiary/aromatic N) is 4. The van der Waals surface area contributed by atoms with Crippen molar-refractivity contribution in [2.24, 2.45) is 5.92 Å². The maximum atomic E-state index is 12.4. The molecule has 2 aromatic heterocycles. The van der Waals surface area contributed by atoms with Crippen LogP contribution in [-0.4, -0.2) is 43.6 Å². The van der Waals surface area contributed by atoms with Crippen LogP contribution in [0.15, 0.2) is 5.38 Å². The molecule has 0 radical (unpaired) electrons. The molecule has 0 aliphatic carbocycles. The Morgan fingerprint density at radius 1 is 1.54 bits per heavy atom. The third-order valence-corrected chi connectivity index (χ3v) is 5.66. The van der Waals surface area contributed by atoms with Gasteiger partial charge in [-0.3, -0.25) is 19.4 Å². The van der Waals surface area contributed by atoms with Gasteiger partial charge in [-0.15, -0.1) is 11.3 Å². The van der Waals surface area contributed by atoms with Gasteiger partial charge in [0.2, 0.25) is 5.91 Å². The Bertz CT molecular complexity index is 795. The minimum absolute atomic E-state index is 0.132. The summed E-state index contributed by atoms with van der Waals surface area (Å²) in [5.41, 5.74) is 1.02. The number of aromatic amines is 1. The second-order valence-corrected chi connectivity index (χ2v) is 8.20. The maximum absolute atomic E-state index is 12.4. The number of hydrogen-bond donors (Lipinski definition) is 2. The van der Waals surface area contributed by atoms with E-state index in [9.17, 15) is 4.79 Å². The zero-order valence-corrected chi connectivity index (χ0v) is 17.0. The average molecular weight is 395 g/mol. The molecule has 1 amide bonds. The van der Waals surface area contributed by atoms with Crippen molar-refractivity contribution in [3.8, 4) is 0 Å². The van der Waals surface area contributed by atoms with Crippen LogP contribution >= 0.6 is 23.6 Å². The zero-order valence-electron chi connectivity index (χ0n) is 15.3. The van der Waals surface area contributed by atoms with Crippen LogP contribution in [0.5, 0.6) is 0 Å². The van der Waals surface area contributed by atoms with Crippen LogP contribution in [0.2, 0.25) is 0 Å². The van der Waals surface area contributed by atoms with E-state index in [1.54, 1.807) is 4.57 Å². The Kier molecular flexibility index (Phi) is 6.55. The summed E-state index contributed by atoms with van der Waals surface area (Å²) in [6, 6.07) is 0. The molecule has 1 aliphatic rings. The first-order chi connectivity index (χ1) is 12.5. The fraction of sp³-hybridized carbons (Fsp3) is 0.647. The van der Waals surface area contributed by atoms with Crippen LogP contribution in [0, 0.1) is 10.7 Å². The topological polar surface area (TPSA) is 78.8 Å². The lowest BCUT2D eigenvalue weighted by Gasteiger charge is -2.30. The smallest absolute Gasteiger partial charge is 0.246 e. The van der Waals surface area contributed by atoms with Crippen LogP contribution < -0.4 is 5.32 Å². The minimum atomic E-state index is -0.132. The van der Waals surface area contributed by atoms with Crippen LogP contribution in [0.1, 0.15) is 44.6 Å². The quantitative estimate of drug-likeness (QED) is 0.705. The van der Waals surface area contributed by atoms with E-state index in [-0.39, 0.29) is 12.5 Å². The van der Waals surface area contributed by atoms with Gasteiger partial charge in [0.15, 0.2) is 9.90 Å². The summed E-state index contributed by atoms with van der Waals surface area (Å²) >= 11 is 6.69.